The van der Waals surface area contributed by atoms with Crippen LogP contribution in [0.25, 0.3) is 11.1 Å². The third-order valence-corrected chi connectivity index (χ3v) is 2.82. The highest BCUT2D eigenvalue weighted by Gasteiger charge is 2.32. The SMILES string of the molecule is COc1c(-c2ccccc2)cc2c(c1OC)O2. The lowest BCUT2D eigenvalue weighted by Crippen LogP contribution is -1.91. The van der Waals surface area contributed by atoms with Gasteiger partial charge >= 0.3 is 0 Å². The quantitative estimate of drug-likeness (QED) is 0.643. The summed E-state index contributed by atoms with van der Waals surface area (Å²) in [5.41, 5.74) is 2.07. The second kappa shape index (κ2) is 3.70. The Bertz CT molecular complexity index is 561. The van der Waals surface area contributed by atoms with Crippen LogP contribution < -0.4 is 14.2 Å². The summed E-state index contributed by atoms with van der Waals surface area (Å²) in [5.74, 6) is 3.03. The molecule has 17 heavy (non-hydrogen) atoms. The number of benzene rings is 2. The van der Waals surface area contributed by atoms with Crippen LogP contribution in [0.3, 0.4) is 0 Å². The highest BCUT2D eigenvalue weighted by atomic mass is 16.6. The van der Waals surface area contributed by atoms with E-state index in [1.807, 2.05) is 36.4 Å². The zero-order chi connectivity index (χ0) is 11.8. The van der Waals surface area contributed by atoms with Crippen molar-refractivity contribution >= 4 is 0 Å². The molecule has 0 spiro atoms. The Labute approximate surface area is 99.6 Å². The summed E-state index contributed by atoms with van der Waals surface area (Å²) in [6.45, 7) is 0. The predicted octanol–water partition coefficient (Wildman–Crippen LogP) is 3.48. The molecule has 0 atom stereocenters. The van der Waals surface area contributed by atoms with Gasteiger partial charge in [-0.1, -0.05) is 30.3 Å². The number of rotatable bonds is 3. The molecule has 0 N–H and O–H groups in total. The topological polar surface area (TPSA) is 31.0 Å². The van der Waals surface area contributed by atoms with Crippen molar-refractivity contribution in [2.75, 3.05) is 14.2 Å². The highest BCUT2D eigenvalue weighted by molar-refractivity contribution is 5.83. The van der Waals surface area contributed by atoms with Crippen molar-refractivity contribution < 1.29 is 14.2 Å². The van der Waals surface area contributed by atoms with Gasteiger partial charge in [0.15, 0.2) is 11.5 Å². The van der Waals surface area contributed by atoms with Crippen molar-refractivity contribution in [1.82, 2.24) is 0 Å². The second-order valence-electron chi connectivity index (χ2n) is 3.79. The summed E-state index contributed by atoms with van der Waals surface area (Å²) in [6.07, 6.45) is 0. The molecular weight excluding hydrogens is 216 g/mol. The van der Waals surface area contributed by atoms with E-state index in [1.54, 1.807) is 14.2 Å². The maximum absolute atomic E-state index is 5.43. The largest absolute Gasteiger partial charge is 0.492 e. The third-order valence-electron chi connectivity index (χ3n) is 2.82. The van der Waals surface area contributed by atoms with Gasteiger partial charge in [0.2, 0.25) is 11.5 Å². The van der Waals surface area contributed by atoms with E-state index in [0.717, 1.165) is 28.4 Å². The predicted molar refractivity (Wildman–Crippen MR) is 65.1 cm³/mol. The van der Waals surface area contributed by atoms with Gasteiger partial charge in [-0.2, -0.15) is 0 Å². The Morgan fingerprint density at radius 1 is 0.941 bits per heavy atom. The summed E-state index contributed by atoms with van der Waals surface area (Å²) in [5, 5.41) is 0. The standard InChI is InChI=1S/C14H12O3/c1-15-12-10(9-6-4-3-5-7-9)8-11-13(17-11)14(12)16-2/h3-8H,1-2H3. The van der Waals surface area contributed by atoms with E-state index in [1.165, 1.54) is 0 Å². The highest BCUT2D eigenvalue weighted by Crippen LogP contribution is 2.59. The molecule has 0 fully saturated rings. The van der Waals surface area contributed by atoms with Crippen molar-refractivity contribution in [3.05, 3.63) is 36.4 Å². The molecule has 3 nitrogen and oxygen atoms in total. The minimum absolute atomic E-state index is 0.670. The molecule has 0 bridgehead atoms. The Morgan fingerprint density at radius 2 is 1.65 bits per heavy atom. The Kier molecular flexibility index (Phi) is 2.18. The molecule has 0 saturated carbocycles. The van der Waals surface area contributed by atoms with Crippen LogP contribution in [0.4, 0.5) is 0 Å². The van der Waals surface area contributed by atoms with Crippen molar-refractivity contribution in [2.45, 2.75) is 0 Å². The molecule has 2 aromatic rings. The number of hydrogen-bond acceptors (Lipinski definition) is 3. The average molecular weight is 228 g/mol. The van der Waals surface area contributed by atoms with Gasteiger partial charge in [-0.15, -0.1) is 0 Å². The van der Waals surface area contributed by atoms with Gasteiger partial charge in [-0.25, -0.2) is 0 Å². The van der Waals surface area contributed by atoms with Crippen LogP contribution >= 0.6 is 0 Å². The molecule has 3 rings (SSSR count). The lowest BCUT2D eigenvalue weighted by Gasteiger charge is -2.10. The number of hydrogen-bond donors (Lipinski definition) is 0. The minimum atomic E-state index is 0.670. The molecule has 0 aromatic heterocycles. The fraction of sp³-hybridized carbons (Fsp3) is 0.143. The first-order chi connectivity index (χ1) is 8.35. The molecule has 86 valence electrons. The molecule has 0 amide bonds. The lowest BCUT2D eigenvalue weighted by molar-refractivity contribution is 0.353. The summed E-state index contributed by atoms with van der Waals surface area (Å²) in [6, 6.07) is 12.0. The van der Waals surface area contributed by atoms with Crippen molar-refractivity contribution in [3.8, 4) is 34.1 Å². The molecule has 1 aliphatic rings. The summed E-state index contributed by atoms with van der Waals surface area (Å²) >= 11 is 0. The van der Waals surface area contributed by atoms with Crippen LogP contribution in [0.15, 0.2) is 36.4 Å². The zero-order valence-electron chi connectivity index (χ0n) is 9.69. The van der Waals surface area contributed by atoms with E-state index in [9.17, 15) is 0 Å². The minimum Gasteiger partial charge on any atom is -0.492 e. The van der Waals surface area contributed by atoms with Gasteiger partial charge in [-0.3, -0.25) is 0 Å². The summed E-state index contributed by atoms with van der Waals surface area (Å²) in [4.78, 5) is 0. The molecule has 1 heterocycles. The molecule has 0 radical (unpaired) electrons. The monoisotopic (exact) mass is 228 g/mol. The van der Waals surface area contributed by atoms with Gasteiger partial charge in [-0.05, 0) is 11.6 Å². The first-order valence-corrected chi connectivity index (χ1v) is 5.37. The molecule has 0 saturated heterocycles. The van der Waals surface area contributed by atoms with Gasteiger partial charge in [0.05, 0.1) is 14.2 Å². The summed E-state index contributed by atoms with van der Waals surface area (Å²) < 4.78 is 16.1. The maximum Gasteiger partial charge on any atom is 0.215 e. The van der Waals surface area contributed by atoms with Crippen LogP contribution in [0, 0.1) is 0 Å². The first kappa shape index (κ1) is 10.0. The fourth-order valence-corrected chi connectivity index (χ4v) is 1.98. The van der Waals surface area contributed by atoms with E-state index in [0.29, 0.717) is 5.75 Å². The van der Waals surface area contributed by atoms with E-state index in [4.69, 9.17) is 14.2 Å². The molecule has 3 heteroatoms. The zero-order valence-corrected chi connectivity index (χ0v) is 9.69. The third kappa shape index (κ3) is 1.51. The second-order valence-corrected chi connectivity index (χ2v) is 3.79. The van der Waals surface area contributed by atoms with Crippen molar-refractivity contribution in [2.24, 2.45) is 0 Å². The van der Waals surface area contributed by atoms with Crippen LogP contribution in [0.1, 0.15) is 0 Å². The first-order valence-electron chi connectivity index (χ1n) is 5.37. The van der Waals surface area contributed by atoms with E-state index in [2.05, 4.69) is 0 Å². The van der Waals surface area contributed by atoms with Crippen molar-refractivity contribution in [1.29, 1.82) is 0 Å². The Hall–Kier alpha value is -2.16. The van der Waals surface area contributed by atoms with Gasteiger partial charge in [0, 0.05) is 5.56 Å². The molecule has 0 unspecified atom stereocenters. The van der Waals surface area contributed by atoms with Gasteiger partial charge < -0.3 is 14.2 Å². The average Bonchev–Trinajstić information content (AvgIpc) is 3.16. The van der Waals surface area contributed by atoms with Crippen LogP contribution in [-0.4, -0.2) is 14.2 Å². The number of methoxy groups -OCH3 is 2. The molecule has 1 aliphatic heterocycles. The normalized spacial score (nSPS) is 11.4. The number of ether oxygens (including phenoxy) is 3. The van der Waals surface area contributed by atoms with Crippen LogP contribution in [0.2, 0.25) is 0 Å². The van der Waals surface area contributed by atoms with E-state index >= 15 is 0 Å². The molecule has 2 aromatic carbocycles. The molecule has 0 aliphatic carbocycles. The number of fused-ring (bicyclic) bond motifs is 1. The van der Waals surface area contributed by atoms with Gasteiger partial charge in [0.25, 0.3) is 0 Å². The maximum atomic E-state index is 5.43. The van der Waals surface area contributed by atoms with Crippen molar-refractivity contribution in [3.63, 3.8) is 0 Å². The molecular formula is C14H12O3. The van der Waals surface area contributed by atoms with Crippen LogP contribution in [0.5, 0.6) is 23.0 Å². The Balaban J connectivity index is 2.21. The Morgan fingerprint density at radius 3 is 2.29 bits per heavy atom. The van der Waals surface area contributed by atoms with Gasteiger partial charge in [0.1, 0.15) is 0 Å². The van der Waals surface area contributed by atoms with E-state index < -0.39 is 0 Å². The fourth-order valence-electron chi connectivity index (χ4n) is 1.98. The smallest absolute Gasteiger partial charge is 0.215 e. The van der Waals surface area contributed by atoms with Crippen LogP contribution in [-0.2, 0) is 0 Å². The lowest BCUT2D eigenvalue weighted by atomic mass is 10.0. The van der Waals surface area contributed by atoms with E-state index in [-0.39, 0.29) is 0 Å². The summed E-state index contributed by atoms with van der Waals surface area (Å²) in [7, 11) is 3.26.